The highest BCUT2D eigenvalue weighted by molar-refractivity contribution is 5.19. The van der Waals surface area contributed by atoms with Gasteiger partial charge in [-0.15, -0.1) is 0 Å². The van der Waals surface area contributed by atoms with Crippen molar-refractivity contribution in [1.29, 1.82) is 0 Å². The highest BCUT2D eigenvalue weighted by atomic mass is 16.6. The number of nitrogens with one attached hydrogen (secondary N) is 1. The molecule has 0 aliphatic carbocycles. The monoisotopic (exact) mass is 312 g/mol. The fraction of sp³-hybridized carbons (Fsp3) is 0.333. The van der Waals surface area contributed by atoms with Gasteiger partial charge in [0.1, 0.15) is 5.54 Å². The van der Waals surface area contributed by atoms with Crippen LogP contribution in [0.1, 0.15) is 11.1 Å². The summed E-state index contributed by atoms with van der Waals surface area (Å²) >= 11 is 0. The molecule has 1 aliphatic rings. The minimum Gasteiger partial charge on any atom is -0.377 e. The summed E-state index contributed by atoms with van der Waals surface area (Å²) < 4.78 is 5.33. The van der Waals surface area contributed by atoms with E-state index < -0.39 is 11.6 Å². The molecule has 0 bridgehead atoms. The van der Waals surface area contributed by atoms with Crippen molar-refractivity contribution in [1.82, 2.24) is 5.32 Å². The number of nitro groups is 1. The second-order valence-corrected chi connectivity index (χ2v) is 5.98. The maximum absolute atomic E-state index is 11.7. The lowest BCUT2D eigenvalue weighted by atomic mass is 9.84. The molecule has 0 amide bonds. The summed E-state index contributed by atoms with van der Waals surface area (Å²) in [6.45, 7) is 1.35. The molecule has 1 atom stereocenters. The third-order valence-corrected chi connectivity index (χ3v) is 4.37. The van der Waals surface area contributed by atoms with E-state index in [2.05, 4.69) is 5.32 Å². The number of hydrogen-bond donors (Lipinski definition) is 1. The molecule has 0 aromatic heterocycles. The number of rotatable bonds is 7. The Bertz CT molecular complexity index is 642. The molecule has 0 radical (unpaired) electrons. The van der Waals surface area contributed by atoms with Crippen molar-refractivity contribution in [3.05, 3.63) is 81.9 Å². The first-order valence-electron chi connectivity index (χ1n) is 7.74. The summed E-state index contributed by atoms with van der Waals surface area (Å²) in [5, 5.41) is 15.0. The van der Waals surface area contributed by atoms with E-state index in [1.54, 1.807) is 0 Å². The average molecular weight is 312 g/mol. The lowest BCUT2D eigenvalue weighted by molar-refractivity contribution is -0.543. The van der Waals surface area contributed by atoms with E-state index >= 15 is 0 Å². The quantitative estimate of drug-likeness (QED) is 0.630. The Morgan fingerprint density at radius 1 is 1.04 bits per heavy atom. The third-order valence-electron chi connectivity index (χ3n) is 4.37. The second kappa shape index (κ2) is 6.89. The fourth-order valence-corrected chi connectivity index (χ4v) is 2.92. The molecule has 1 unspecified atom stereocenters. The van der Waals surface area contributed by atoms with Gasteiger partial charge in [-0.1, -0.05) is 60.7 Å². The Kier molecular flexibility index (Phi) is 4.69. The van der Waals surface area contributed by atoms with Crippen LogP contribution in [0, 0.1) is 10.1 Å². The lowest BCUT2D eigenvalue weighted by Crippen LogP contribution is -2.69. The first-order valence-corrected chi connectivity index (χ1v) is 7.74. The molecule has 5 heteroatoms. The molecule has 2 aromatic carbocycles. The largest absolute Gasteiger partial charge is 0.377 e. The third kappa shape index (κ3) is 3.57. The summed E-state index contributed by atoms with van der Waals surface area (Å²) in [6.07, 6.45) is 0.402. The fourth-order valence-electron chi connectivity index (χ4n) is 2.92. The van der Waals surface area contributed by atoms with Crippen LogP contribution < -0.4 is 5.32 Å². The number of benzene rings is 2. The molecular formula is C18H20N2O3. The van der Waals surface area contributed by atoms with Gasteiger partial charge in [0, 0.05) is 17.9 Å². The summed E-state index contributed by atoms with van der Waals surface area (Å²) in [5.74, 6) is 0. The van der Waals surface area contributed by atoms with Crippen molar-refractivity contribution < 1.29 is 9.66 Å². The van der Waals surface area contributed by atoms with Crippen LogP contribution in [-0.4, -0.2) is 29.7 Å². The van der Waals surface area contributed by atoms with Gasteiger partial charge in [0.05, 0.1) is 13.2 Å². The molecule has 1 saturated heterocycles. The van der Waals surface area contributed by atoms with Gasteiger partial charge < -0.3 is 4.74 Å². The van der Waals surface area contributed by atoms with E-state index in [0.29, 0.717) is 26.2 Å². The van der Waals surface area contributed by atoms with Crippen LogP contribution in [0.25, 0.3) is 0 Å². The minimum absolute atomic E-state index is 0.173. The van der Waals surface area contributed by atoms with Crippen molar-refractivity contribution in [2.45, 2.75) is 24.5 Å². The zero-order chi connectivity index (χ0) is 16.1. The molecule has 2 aromatic rings. The molecule has 23 heavy (non-hydrogen) atoms. The summed E-state index contributed by atoms with van der Waals surface area (Å²) in [6, 6.07) is 18.8. The lowest BCUT2D eigenvalue weighted by Gasteiger charge is -2.43. The first-order chi connectivity index (χ1) is 11.2. The van der Waals surface area contributed by atoms with Gasteiger partial charge in [-0.25, -0.2) is 0 Å². The standard InChI is InChI=1S/C18H20N2O3/c21-20(22)17(11-15-7-3-1-4-8-15)18(13-23-14-18)19-12-16-9-5-2-6-10-16/h1-10,17,19H,11-14H2. The highest BCUT2D eigenvalue weighted by Crippen LogP contribution is 2.27. The molecule has 1 aliphatic heterocycles. The molecular weight excluding hydrogens is 292 g/mol. The van der Waals surface area contributed by atoms with Crippen LogP contribution in [0.3, 0.4) is 0 Å². The molecule has 0 spiro atoms. The van der Waals surface area contributed by atoms with Gasteiger partial charge in [-0.05, 0) is 11.1 Å². The van der Waals surface area contributed by atoms with Crippen molar-refractivity contribution >= 4 is 0 Å². The van der Waals surface area contributed by atoms with Crippen molar-refractivity contribution in [3.63, 3.8) is 0 Å². The normalized spacial score (nSPS) is 17.2. The zero-order valence-corrected chi connectivity index (χ0v) is 12.9. The number of hydrogen-bond acceptors (Lipinski definition) is 4. The van der Waals surface area contributed by atoms with Crippen LogP contribution in [-0.2, 0) is 17.7 Å². The molecule has 120 valence electrons. The maximum Gasteiger partial charge on any atom is 0.239 e. The number of ether oxygens (including phenoxy) is 1. The molecule has 3 rings (SSSR count). The summed E-state index contributed by atoms with van der Waals surface area (Å²) in [4.78, 5) is 11.5. The molecule has 0 saturated carbocycles. The van der Waals surface area contributed by atoms with E-state index in [-0.39, 0.29) is 4.92 Å². The van der Waals surface area contributed by atoms with Gasteiger partial charge in [0.2, 0.25) is 6.04 Å². The van der Waals surface area contributed by atoms with E-state index in [0.717, 1.165) is 11.1 Å². The van der Waals surface area contributed by atoms with Crippen LogP contribution in [0.2, 0.25) is 0 Å². The smallest absolute Gasteiger partial charge is 0.239 e. The average Bonchev–Trinajstić information content (AvgIpc) is 2.54. The van der Waals surface area contributed by atoms with Crippen LogP contribution in [0.5, 0.6) is 0 Å². The summed E-state index contributed by atoms with van der Waals surface area (Å²) in [7, 11) is 0. The van der Waals surface area contributed by atoms with Crippen LogP contribution >= 0.6 is 0 Å². The van der Waals surface area contributed by atoms with Gasteiger partial charge in [0.15, 0.2) is 0 Å². The predicted molar refractivity (Wildman–Crippen MR) is 87.8 cm³/mol. The molecule has 1 fully saturated rings. The second-order valence-electron chi connectivity index (χ2n) is 5.98. The Balaban J connectivity index is 1.74. The van der Waals surface area contributed by atoms with E-state index in [9.17, 15) is 10.1 Å². The first kappa shape index (κ1) is 15.6. The van der Waals surface area contributed by atoms with Crippen molar-refractivity contribution in [2.24, 2.45) is 0 Å². The Labute approximate surface area is 135 Å². The SMILES string of the molecule is O=[N+]([O-])C(Cc1ccccc1)C1(NCc2ccccc2)COC1. The molecule has 5 nitrogen and oxygen atoms in total. The molecule has 1 N–H and O–H groups in total. The minimum atomic E-state index is -0.706. The van der Waals surface area contributed by atoms with Gasteiger partial charge in [-0.3, -0.25) is 15.4 Å². The van der Waals surface area contributed by atoms with Crippen molar-refractivity contribution in [3.8, 4) is 0 Å². The Morgan fingerprint density at radius 3 is 2.09 bits per heavy atom. The van der Waals surface area contributed by atoms with Crippen molar-refractivity contribution in [2.75, 3.05) is 13.2 Å². The highest BCUT2D eigenvalue weighted by Gasteiger charge is 2.52. The Hall–Kier alpha value is -2.24. The van der Waals surface area contributed by atoms with E-state index in [1.165, 1.54) is 0 Å². The van der Waals surface area contributed by atoms with E-state index in [1.807, 2.05) is 60.7 Å². The number of nitrogens with zero attached hydrogens (tertiary/aromatic N) is 1. The van der Waals surface area contributed by atoms with Gasteiger partial charge in [-0.2, -0.15) is 0 Å². The molecule has 1 heterocycles. The zero-order valence-electron chi connectivity index (χ0n) is 12.9. The Morgan fingerprint density at radius 2 is 1.61 bits per heavy atom. The van der Waals surface area contributed by atoms with Crippen LogP contribution in [0.4, 0.5) is 0 Å². The summed E-state index contributed by atoms with van der Waals surface area (Å²) in [5.41, 5.74) is 1.48. The maximum atomic E-state index is 11.7. The topological polar surface area (TPSA) is 64.4 Å². The van der Waals surface area contributed by atoms with E-state index in [4.69, 9.17) is 4.74 Å². The predicted octanol–water partition coefficient (Wildman–Crippen LogP) is 2.43. The van der Waals surface area contributed by atoms with Gasteiger partial charge >= 0.3 is 0 Å². The van der Waals surface area contributed by atoms with Gasteiger partial charge in [0.25, 0.3) is 0 Å². The van der Waals surface area contributed by atoms with Crippen LogP contribution in [0.15, 0.2) is 60.7 Å².